The summed E-state index contributed by atoms with van der Waals surface area (Å²) >= 11 is 0. The van der Waals surface area contributed by atoms with Crippen LogP contribution in [0.2, 0.25) is 0 Å². The van der Waals surface area contributed by atoms with Crippen molar-refractivity contribution in [2.24, 2.45) is 0 Å². The molecule has 7 heteroatoms. The zero-order chi connectivity index (χ0) is 16.8. The molecule has 0 fully saturated rings. The average Bonchev–Trinajstić information content (AvgIpc) is 2.51. The molecule has 0 aliphatic heterocycles. The zero-order valence-electron chi connectivity index (χ0n) is 12.2. The fourth-order valence-electron chi connectivity index (χ4n) is 1.82. The van der Waals surface area contributed by atoms with Crippen LogP contribution in [0.3, 0.4) is 0 Å². The second-order valence-corrected chi connectivity index (χ2v) is 4.50. The highest BCUT2D eigenvalue weighted by Gasteiger charge is 2.10. The van der Waals surface area contributed by atoms with Crippen LogP contribution in [0.15, 0.2) is 42.5 Å². The Hall–Kier alpha value is -2.96. The summed E-state index contributed by atoms with van der Waals surface area (Å²) in [5.41, 5.74) is 0.287. The lowest BCUT2D eigenvalue weighted by Crippen LogP contribution is -2.20. The van der Waals surface area contributed by atoms with E-state index in [1.54, 1.807) is 19.1 Å². The minimum atomic E-state index is -0.768. The summed E-state index contributed by atoms with van der Waals surface area (Å²) in [4.78, 5) is 23.4. The van der Waals surface area contributed by atoms with Crippen LogP contribution in [-0.4, -0.2) is 18.6 Å². The normalized spacial score (nSPS) is 10.0. The molecule has 2 aromatic carbocycles. The van der Waals surface area contributed by atoms with Crippen molar-refractivity contribution in [2.45, 2.75) is 6.92 Å². The van der Waals surface area contributed by atoms with E-state index in [1.807, 2.05) is 0 Å². The molecule has 0 saturated heterocycles. The number of urea groups is 1. The Bertz CT molecular complexity index is 735. The molecule has 0 radical (unpaired) electrons. The van der Waals surface area contributed by atoms with E-state index in [4.69, 9.17) is 4.74 Å². The highest BCUT2D eigenvalue weighted by Crippen LogP contribution is 2.16. The first-order chi connectivity index (χ1) is 11.0. The van der Waals surface area contributed by atoms with Crippen LogP contribution >= 0.6 is 0 Å². The molecule has 2 rings (SSSR count). The van der Waals surface area contributed by atoms with E-state index < -0.39 is 23.6 Å². The molecule has 23 heavy (non-hydrogen) atoms. The number of amides is 2. The maximum Gasteiger partial charge on any atom is 0.338 e. The Morgan fingerprint density at radius 2 is 1.87 bits per heavy atom. The van der Waals surface area contributed by atoms with Gasteiger partial charge in [0.05, 0.1) is 17.9 Å². The minimum absolute atomic E-state index is 0.232. The van der Waals surface area contributed by atoms with Crippen LogP contribution in [0.25, 0.3) is 0 Å². The molecule has 5 nitrogen and oxygen atoms in total. The third kappa shape index (κ3) is 4.50. The van der Waals surface area contributed by atoms with Crippen LogP contribution in [-0.2, 0) is 4.74 Å². The summed E-state index contributed by atoms with van der Waals surface area (Å²) in [5.74, 6) is -1.96. The van der Waals surface area contributed by atoms with Crippen molar-refractivity contribution in [1.82, 2.24) is 0 Å². The van der Waals surface area contributed by atoms with Gasteiger partial charge in [-0.05, 0) is 37.3 Å². The van der Waals surface area contributed by atoms with Gasteiger partial charge in [0, 0.05) is 11.8 Å². The fraction of sp³-hybridized carbons (Fsp3) is 0.125. The average molecular weight is 320 g/mol. The standard InChI is InChI=1S/C16H14F2N2O3/c1-2-23-15(21)10-4-3-5-12(8-10)19-16(22)20-14-9-11(17)6-7-13(14)18/h3-9H,2H2,1H3,(H2,19,20,22). The number of benzene rings is 2. The molecular formula is C16H14F2N2O3. The molecule has 0 aromatic heterocycles. The molecule has 0 aliphatic rings. The summed E-state index contributed by atoms with van der Waals surface area (Å²) in [6, 6.07) is 8.01. The SMILES string of the molecule is CCOC(=O)c1cccc(NC(=O)Nc2cc(F)ccc2F)c1. The van der Waals surface area contributed by atoms with Crippen LogP contribution in [0, 0.1) is 11.6 Å². The molecular weight excluding hydrogens is 306 g/mol. The van der Waals surface area contributed by atoms with Gasteiger partial charge in [0.1, 0.15) is 11.6 Å². The number of esters is 1. The lowest BCUT2D eigenvalue weighted by molar-refractivity contribution is 0.0526. The van der Waals surface area contributed by atoms with Crippen molar-refractivity contribution >= 4 is 23.4 Å². The van der Waals surface area contributed by atoms with Gasteiger partial charge < -0.3 is 15.4 Å². The number of carbonyl (C=O) groups excluding carboxylic acids is 2. The molecule has 0 unspecified atom stereocenters. The van der Waals surface area contributed by atoms with Crippen molar-refractivity contribution in [2.75, 3.05) is 17.2 Å². The number of hydrogen-bond acceptors (Lipinski definition) is 3. The minimum Gasteiger partial charge on any atom is -0.462 e. The van der Waals surface area contributed by atoms with Crippen molar-refractivity contribution in [3.8, 4) is 0 Å². The molecule has 0 aliphatic carbocycles. The van der Waals surface area contributed by atoms with Crippen LogP contribution in [0.1, 0.15) is 17.3 Å². The maximum atomic E-state index is 13.5. The van der Waals surface area contributed by atoms with E-state index in [9.17, 15) is 18.4 Å². The lowest BCUT2D eigenvalue weighted by Gasteiger charge is -2.09. The largest absolute Gasteiger partial charge is 0.462 e. The Balaban J connectivity index is 2.07. The highest BCUT2D eigenvalue weighted by atomic mass is 19.1. The predicted octanol–water partition coefficient (Wildman–Crippen LogP) is 3.79. The quantitative estimate of drug-likeness (QED) is 0.842. The van der Waals surface area contributed by atoms with E-state index >= 15 is 0 Å². The number of nitrogens with one attached hydrogen (secondary N) is 2. The third-order valence-corrected chi connectivity index (χ3v) is 2.81. The van der Waals surface area contributed by atoms with Gasteiger partial charge in [0.15, 0.2) is 0 Å². The Labute approximate surface area is 131 Å². The van der Waals surface area contributed by atoms with Gasteiger partial charge >= 0.3 is 12.0 Å². The van der Waals surface area contributed by atoms with Gasteiger partial charge in [-0.2, -0.15) is 0 Å². The lowest BCUT2D eigenvalue weighted by atomic mass is 10.2. The first kappa shape index (κ1) is 16.4. The van der Waals surface area contributed by atoms with Crippen molar-refractivity contribution in [1.29, 1.82) is 0 Å². The molecule has 2 amide bonds. The van der Waals surface area contributed by atoms with E-state index in [0.717, 1.165) is 18.2 Å². The van der Waals surface area contributed by atoms with Crippen molar-refractivity contribution < 1.29 is 23.1 Å². The van der Waals surface area contributed by atoms with Crippen LogP contribution < -0.4 is 10.6 Å². The first-order valence-corrected chi connectivity index (χ1v) is 6.80. The number of hydrogen-bond donors (Lipinski definition) is 2. The van der Waals surface area contributed by atoms with Gasteiger partial charge in [-0.25, -0.2) is 18.4 Å². The smallest absolute Gasteiger partial charge is 0.338 e. The van der Waals surface area contributed by atoms with E-state index in [1.165, 1.54) is 12.1 Å². The molecule has 0 spiro atoms. The van der Waals surface area contributed by atoms with Crippen LogP contribution in [0.5, 0.6) is 0 Å². The number of rotatable bonds is 4. The third-order valence-electron chi connectivity index (χ3n) is 2.81. The van der Waals surface area contributed by atoms with Gasteiger partial charge in [0.25, 0.3) is 0 Å². The summed E-state index contributed by atoms with van der Waals surface area (Å²) in [6.07, 6.45) is 0. The Morgan fingerprint density at radius 3 is 2.61 bits per heavy atom. The second-order valence-electron chi connectivity index (χ2n) is 4.50. The van der Waals surface area contributed by atoms with Crippen molar-refractivity contribution in [3.63, 3.8) is 0 Å². The summed E-state index contributed by atoms with van der Waals surface area (Å²) in [5, 5.41) is 4.62. The zero-order valence-corrected chi connectivity index (χ0v) is 12.2. The fourth-order valence-corrected chi connectivity index (χ4v) is 1.82. The number of halogens is 2. The Kier molecular flexibility index (Phi) is 5.24. The molecule has 0 heterocycles. The van der Waals surface area contributed by atoms with Gasteiger partial charge in [-0.1, -0.05) is 6.07 Å². The van der Waals surface area contributed by atoms with E-state index in [2.05, 4.69) is 10.6 Å². The van der Waals surface area contributed by atoms with Gasteiger partial charge in [-0.3, -0.25) is 0 Å². The summed E-state index contributed by atoms with van der Waals surface area (Å²) in [6.45, 7) is 1.91. The number of ether oxygens (including phenoxy) is 1. The highest BCUT2D eigenvalue weighted by molar-refractivity contribution is 6.00. The molecule has 0 bridgehead atoms. The first-order valence-electron chi connectivity index (χ1n) is 6.80. The molecule has 120 valence electrons. The molecule has 2 N–H and O–H groups in total. The van der Waals surface area contributed by atoms with Gasteiger partial charge in [0.2, 0.25) is 0 Å². The molecule has 2 aromatic rings. The summed E-state index contributed by atoms with van der Waals surface area (Å²) in [7, 11) is 0. The van der Waals surface area contributed by atoms with Gasteiger partial charge in [-0.15, -0.1) is 0 Å². The maximum absolute atomic E-state index is 13.5. The number of anilines is 2. The topological polar surface area (TPSA) is 67.4 Å². The summed E-state index contributed by atoms with van der Waals surface area (Å²) < 4.78 is 31.4. The van der Waals surface area contributed by atoms with Crippen LogP contribution in [0.4, 0.5) is 25.0 Å². The monoisotopic (exact) mass is 320 g/mol. The molecule has 0 saturated carbocycles. The molecule has 0 atom stereocenters. The predicted molar refractivity (Wildman–Crippen MR) is 81.4 cm³/mol. The Morgan fingerprint density at radius 1 is 1.09 bits per heavy atom. The van der Waals surface area contributed by atoms with E-state index in [0.29, 0.717) is 5.69 Å². The van der Waals surface area contributed by atoms with E-state index in [-0.39, 0.29) is 17.9 Å². The van der Waals surface area contributed by atoms with Crippen molar-refractivity contribution in [3.05, 3.63) is 59.7 Å². The number of carbonyl (C=O) groups is 2. The second kappa shape index (κ2) is 7.35.